The van der Waals surface area contributed by atoms with Gasteiger partial charge in [-0.3, -0.25) is 9.20 Å². The van der Waals surface area contributed by atoms with E-state index < -0.39 is 5.97 Å². The summed E-state index contributed by atoms with van der Waals surface area (Å²) in [7, 11) is 0. The van der Waals surface area contributed by atoms with E-state index >= 15 is 0 Å². The summed E-state index contributed by atoms with van der Waals surface area (Å²) in [6.07, 6.45) is 6.11. The summed E-state index contributed by atoms with van der Waals surface area (Å²) in [5.74, 6) is 0.157. The minimum absolute atomic E-state index is 0.144. The van der Waals surface area contributed by atoms with Crippen molar-refractivity contribution in [3.8, 4) is 11.5 Å². The maximum atomic E-state index is 12.5. The number of nitrogens with zero attached hydrogens (tertiary/aromatic N) is 2. The molecule has 2 aromatic heterocycles. The Bertz CT molecular complexity index is 1210. The zero-order valence-electron chi connectivity index (χ0n) is 15.2. The molecule has 0 unspecified atom stereocenters. The van der Waals surface area contributed by atoms with Crippen LogP contribution in [0.15, 0.2) is 85.2 Å². The number of carbonyl (C=O) groups is 2. The maximum absolute atomic E-state index is 12.5. The van der Waals surface area contributed by atoms with Gasteiger partial charge in [0.25, 0.3) is 0 Å². The molecule has 142 valence electrons. The summed E-state index contributed by atoms with van der Waals surface area (Å²) in [5.41, 5.74) is 1.87. The van der Waals surface area contributed by atoms with Crippen molar-refractivity contribution in [2.24, 2.45) is 0 Å². The fourth-order valence-electron chi connectivity index (χ4n) is 2.82. The lowest BCUT2D eigenvalue weighted by Crippen LogP contribution is -1.99. The second-order valence-corrected chi connectivity index (χ2v) is 6.27. The van der Waals surface area contributed by atoms with Crippen LogP contribution in [0.3, 0.4) is 0 Å². The van der Waals surface area contributed by atoms with E-state index in [9.17, 15) is 9.59 Å². The van der Waals surface area contributed by atoms with Crippen LogP contribution >= 0.6 is 0 Å². The Morgan fingerprint density at radius 1 is 0.897 bits per heavy atom. The molecule has 1 N–H and O–H groups in total. The number of para-hydroxylation sites is 1. The third-order valence-corrected chi connectivity index (χ3v) is 4.30. The predicted octanol–water partition coefficient (Wildman–Crippen LogP) is 4.72. The van der Waals surface area contributed by atoms with Crippen molar-refractivity contribution < 1.29 is 19.4 Å². The van der Waals surface area contributed by atoms with Crippen LogP contribution in [0.1, 0.15) is 26.4 Å². The lowest BCUT2D eigenvalue weighted by atomic mass is 10.1. The fourth-order valence-corrected chi connectivity index (χ4v) is 2.82. The molecule has 0 aliphatic rings. The van der Waals surface area contributed by atoms with Gasteiger partial charge in [0.15, 0.2) is 5.78 Å². The average molecular weight is 384 g/mol. The molecule has 0 atom stereocenters. The number of benzene rings is 2. The first-order chi connectivity index (χ1) is 14.1. The summed E-state index contributed by atoms with van der Waals surface area (Å²) in [6, 6.07) is 19.4. The molecule has 0 aliphatic carbocycles. The van der Waals surface area contributed by atoms with Gasteiger partial charge in [-0.15, -0.1) is 0 Å². The number of ketones is 1. The quantitative estimate of drug-likeness (QED) is 0.384. The zero-order valence-corrected chi connectivity index (χ0v) is 15.2. The molecule has 0 amide bonds. The van der Waals surface area contributed by atoms with Crippen LogP contribution in [-0.2, 0) is 0 Å². The Morgan fingerprint density at radius 3 is 2.31 bits per heavy atom. The van der Waals surface area contributed by atoms with E-state index in [-0.39, 0.29) is 11.3 Å². The molecular formula is C23H16N2O4. The molecule has 0 fully saturated rings. The van der Waals surface area contributed by atoms with Gasteiger partial charge in [-0.1, -0.05) is 18.2 Å². The number of carbonyl (C=O) groups excluding carboxylic acids is 1. The van der Waals surface area contributed by atoms with E-state index in [1.807, 2.05) is 30.3 Å². The van der Waals surface area contributed by atoms with Gasteiger partial charge in [0.05, 0.1) is 17.5 Å². The number of carboxylic acids is 1. The summed E-state index contributed by atoms with van der Waals surface area (Å²) in [5, 5.41) is 9.14. The summed E-state index contributed by atoms with van der Waals surface area (Å²) in [6.45, 7) is 0. The van der Waals surface area contributed by atoms with E-state index in [4.69, 9.17) is 9.84 Å². The summed E-state index contributed by atoms with van der Waals surface area (Å²) in [4.78, 5) is 27.8. The van der Waals surface area contributed by atoms with Crippen molar-refractivity contribution in [3.05, 3.63) is 102 Å². The van der Waals surface area contributed by atoms with Gasteiger partial charge in [-0.25, -0.2) is 9.78 Å². The second-order valence-electron chi connectivity index (χ2n) is 6.27. The van der Waals surface area contributed by atoms with Gasteiger partial charge in [0.2, 0.25) is 0 Å². The van der Waals surface area contributed by atoms with E-state index in [0.717, 1.165) is 5.75 Å². The van der Waals surface area contributed by atoms with Crippen LogP contribution in [0.5, 0.6) is 11.5 Å². The average Bonchev–Trinajstić information content (AvgIpc) is 3.15. The van der Waals surface area contributed by atoms with Gasteiger partial charge in [-0.2, -0.15) is 0 Å². The molecule has 0 saturated heterocycles. The van der Waals surface area contributed by atoms with E-state index in [0.29, 0.717) is 22.7 Å². The number of fused-ring (bicyclic) bond motifs is 1. The number of hydrogen-bond acceptors (Lipinski definition) is 4. The smallest absolute Gasteiger partial charge is 0.337 e. The van der Waals surface area contributed by atoms with Crippen LogP contribution < -0.4 is 4.74 Å². The number of aromatic carboxylic acids is 1. The Balaban J connectivity index is 1.50. The fraction of sp³-hybridized carbons (Fsp3) is 0. The molecule has 4 aromatic rings. The largest absolute Gasteiger partial charge is 0.478 e. The Hall–Kier alpha value is -4.19. The van der Waals surface area contributed by atoms with Gasteiger partial charge < -0.3 is 9.84 Å². The van der Waals surface area contributed by atoms with Crippen molar-refractivity contribution >= 4 is 23.5 Å². The second kappa shape index (κ2) is 7.82. The first-order valence-corrected chi connectivity index (χ1v) is 8.86. The highest BCUT2D eigenvalue weighted by Crippen LogP contribution is 2.21. The van der Waals surface area contributed by atoms with Crippen LogP contribution in [0.4, 0.5) is 0 Å². The van der Waals surface area contributed by atoms with Crippen molar-refractivity contribution in [3.63, 3.8) is 0 Å². The molecule has 0 radical (unpaired) electrons. The molecular weight excluding hydrogens is 368 g/mol. The van der Waals surface area contributed by atoms with Crippen molar-refractivity contribution in [2.75, 3.05) is 0 Å². The van der Waals surface area contributed by atoms with Gasteiger partial charge in [0.1, 0.15) is 17.1 Å². The Morgan fingerprint density at radius 2 is 1.59 bits per heavy atom. The lowest BCUT2D eigenvalue weighted by Gasteiger charge is -2.05. The predicted molar refractivity (Wildman–Crippen MR) is 108 cm³/mol. The Kier molecular flexibility index (Phi) is 4.90. The van der Waals surface area contributed by atoms with E-state index in [2.05, 4.69) is 4.98 Å². The standard InChI is InChI=1S/C23H16N2O4/c26-21(16-6-10-20(11-7-16)29-19-4-2-1-3-5-19)12-9-18-14-24-22-13-8-17(23(27)28)15-25(18)22/h1-15H,(H,27,28)/b12-9+. The van der Waals surface area contributed by atoms with Crippen LogP contribution in [-0.4, -0.2) is 26.2 Å². The molecule has 2 aromatic carbocycles. The van der Waals surface area contributed by atoms with Gasteiger partial charge in [0, 0.05) is 11.8 Å². The van der Waals surface area contributed by atoms with Crippen molar-refractivity contribution in [1.82, 2.24) is 9.38 Å². The highest BCUT2D eigenvalue weighted by Gasteiger charge is 2.08. The molecule has 0 saturated carbocycles. The summed E-state index contributed by atoms with van der Waals surface area (Å²) < 4.78 is 7.35. The molecule has 6 heteroatoms. The van der Waals surface area contributed by atoms with Crippen molar-refractivity contribution in [1.29, 1.82) is 0 Å². The van der Waals surface area contributed by atoms with Crippen LogP contribution in [0, 0.1) is 0 Å². The third-order valence-electron chi connectivity index (χ3n) is 4.30. The lowest BCUT2D eigenvalue weighted by molar-refractivity contribution is 0.0696. The molecule has 0 bridgehead atoms. The molecule has 0 spiro atoms. The van der Waals surface area contributed by atoms with Crippen LogP contribution in [0.2, 0.25) is 0 Å². The number of rotatable bonds is 6. The number of carboxylic acid groups (broad SMARTS) is 1. The first kappa shape index (κ1) is 18.2. The minimum Gasteiger partial charge on any atom is -0.478 e. The number of aromatic nitrogens is 2. The number of allylic oxidation sites excluding steroid dienone is 1. The molecule has 29 heavy (non-hydrogen) atoms. The normalized spacial score (nSPS) is 11.0. The van der Waals surface area contributed by atoms with E-state index in [1.165, 1.54) is 18.3 Å². The number of hydrogen-bond donors (Lipinski definition) is 1. The number of imidazole rings is 1. The highest BCUT2D eigenvalue weighted by atomic mass is 16.5. The SMILES string of the molecule is O=C(O)c1ccc2ncc(/C=C/C(=O)c3ccc(Oc4ccccc4)cc3)n2c1. The monoisotopic (exact) mass is 384 g/mol. The van der Waals surface area contributed by atoms with Crippen LogP contribution in [0.25, 0.3) is 11.7 Å². The van der Waals surface area contributed by atoms with Crippen molar-refractivity contribution in [2.45, 2.75) is 0 Å². The van der Waals surface area contributed by atoms with Gasteiger partial charge >= 0.3 is 5.97 Å². The molecule has 6 nitrogen and oxygen atoms in total. The first-order valence-electron chi connectivity index (χ1n) is 8.86. The molecule has 0 aliphatic heterocycles. The Labute approximate surface area is 166 Å². The molecule has 2 heterocycles. The summed E-state index contributed by atoms with van der Waals surface area (Å²) >= 11 is 0. The minimum atomic E-state index is -1.02. The molecule has 4 rings (SSSR count). The highest BCUT2D eigenvalue weighted by molar-refractivity contribution is 6.06. The van der Waals surface area contributed by atoms with E-state index in [1.54, 1.807) is 47.0 Å². The zero-order chi connectivity index (χ0) is 20.2. The van der Waals surface area contributed by atoms with Gasteiger partial charge in [-0.05, 0) is 60.7 Å². The number of ether oxygens (including phenoxy) is 1. The number of pyridine rings is 1. The topological polar surface area (TPSA) is 80.9 Å². The maximum Gasteiger partial charge on any atom is 0.337 e. The third kappa shape index (κ3) is 4.06.